The van der Waals surface area contributed by atoms with Crippen molar-refractivity contribution in [1.29, 1.82) is 0 Å². The van der Waals surface area contributed by atoms with E-state index in [1.807, 2.05) is 19.9 Å². The van der Waals surface area contributed by atoms with E-state index in [-0.39, 0.29) is 0 Å². The normalized spacial score (nSPS) is 10.8. The summed E-state index contributed by atoms with van der Waals surface area (Å²) in [6, 6.07) is 6.08. The van der Waals surface area contributed by atoms with Crippen molar-refractivity contribution in [3.63, 3.8) is 0 Å². The molecule has 2 rings (SSSR count). The van der Waals surface area contributed by atoms with Crippen LogP contribution >= 0.6 is 11.6 Å². The van der Waals surface area contributed by atoms with E-state index >= 15 is 0 Å². The molecular formula is C21H29ClN2O2. The van der Waals surface area contributed by atoms with Crippen molar-refractivity contribution in [3.05, 3.63) is 51.8 Å². The monoisotopic (exact) mass is 376 g/mol. The molecule has 1 aromatic carbocycles. The Morgan fingerprint density at radius 3 is 2.62 bits per heavy atom. The van der Waals surface area contributed by atoms with Crippen LogP contribution in [0, 0.1) is 13.8 Å². The zero-order chi connectivity index (χ0) is 18.9. The van der Waals surface area contributed by atoms with E-state index in [4.69, 9.17) is 21.1 Å². The van der Waals surface area contributed by atoms with Crippen molar-refractivity contribution in [2.24, 2.45) is 0 Å². The summed E-state index contributed by atoms with van der Waals surface area (Å²) in [6.45, 7) is 11.1. The Bertz CT molecular complexity index is 719. The molecule has 0 radical (unpaired) electrons. The van der Waals surface area contributed by atoms with Crippen LogP contribution in [0.5, 0.6) is 5.75 Å². The lowest BCUT2D eigenvalue weighted by atomic mass is 10.0. The Morgan fingerprint density at radius 2 is 1.88 bits per heavy atom. The predicted octanol–water partition coefficient (Wildman–Crippen LogP) is 4.98. The van der Waals surface area contributed by atoms with Gasteiger partial charge in [-0.1, -0.05) is 24.6 Å². The summed E-state index contributed by atoms with van der Waals surface area (Å²) in [5.41, 5.74) is 5.60. The quantitative estimate of drug-likeness (QED) is 0.593. The Hall–Kier alpha value is -1.78. The Morgan fingerprint density at radius 1 is 1.08 bits per heavy atom. The van der Waals surface area contributed by atoms with Gasteiger partial charge in [0.25, 0.3) is 0 Å². The first-order valence-corrected chi connectivity index (χ1v) is 9.63. The highest BCUT2D eigenvalue weighted by Crippen LogP contribution is 2.26. The maximum Gasteiger partial charge on any atom is 0.122 e. The molecule has 0 aliphatic rings. The fourth-order valence-corrected chi connectivity index (χ4v) is 3.13. The fraction of sp³-hybridized carbons (Fsp3) is 0.476. The minimum Gasteiger partial charge on any atom is -0.491 e. The first-order valence-electron chi connectivity index (χ1n) is 9.25. The van der Waals surface area contributed by atoms with Crippen LogP contribution in [0.2, 0.25) is 5.02 Å². The molecule has 5 heteroatoms. The largest absolute Gasteiger partial charge is 0.491 e. The van der Waals surface area contributed by atoms with Crippen LogP contribution in [0.15, 0.2) is 24.4 Å². The van der Waals surface area contributed by atoms with Gasteiger partial charge in [-0.05, 0) is 62.4 Å². The lowest BCUT2D eigenvalue weighted by Gasteiger charge is -2.15. The molecule has 0 unspecified atom stereocenters. The van der Waals surface area contributed by atoms with Crippen LogP contribution in [0.25, 0.3) is 0 Å². The molecule has 0 saturated carbocycles. The second-order valence-corrected chi connectivity index (χ2v) is 6.55. The average molecular weight is 377 g/mol. The third kappa shape index (κ3) is 5.36. The summed E-state index contributed by atoms with van der Waals surface area (Å²) in [6.07, 6.45) is 3.53. The summed E-state index contributed by atoms with van der Waals surface area (Å²) in [4.78, 5) is 4.28. The molecule has 0 spiro atoms. The molecule has 1 aromatic heterocycles. The summed E-state index contributed by atoms with van der Waals surface area (Å²) in [5.74, 6) is 0.930. The fourth-order valence-electron chi connectivity index (χ4n) is 2.82. The number of aryl methyl sites for hydroxylation is 1. The summed E-state index contributed by atoms with van der Waals surface area (Å²) in [7, 11) is 0. The van der Waals surface area contributed by atoms with Crippen molar-refractivity contribution in [2.75, 3.05) is 31.7 Å². The number of benzene rings is 1. The van der Waals surface area contributed by atoms with Gasteiger partial charge in [-0.2, -0.15) is 0 Å². The molecule has 0 aliphatic carbocycles. The molecule has 0 amide bonds. The van der Waals surface area contributed by atoms with Gasteiger partial charge >= 0.3 is 0 Å². The van der Waals surface area contributed by atoms with E-state index in [1.54, 1.807) is 6.20 Å². The maximum absolute atomic E-state index is 6.34. The van der Waals surface area contributed by atoms with Crippen molar-refractivity contribution in [2.45, 2.75) is 40.5 Å². The number of anilines is 1. The topological polar surface area (TPSA) is 43.4 Å². The van der Waals surface area contributed by atoms with Crippen molar-refractivity contribution in [3.8, 4) is 5.75 Å². The third-order valence-corrected chi connectivity index (χ3v) is 4.96. The number of ether oxygens (including phenoxy) is 2. The van der Waals surface area contributed by atoms with E-state index in [1.165, 1.54) is 16.7 Å². The van der Waals surface area contributed by atoms with Gasteiger partial charge in [0.1, 0.15) is 12.4 Å². The van der Waals surface area contributed by atoms with Gasteiger partial charge in [0.2, 0.25) is 0 Å². The van der Waals surface area contributed by atoms with Crippen molar-refractivity contribution in [1.82, 2.24) is 4.98 Å². The molecule has 0 saturated heterocycles. The van der Waals surface area contributed by atoms with Crippen molar-refractivity contribution < 1.29 is 9.47 Å². The molecule has 0 fully saturated rings. The van der Waals surface area contributed by atoms with Gasteiger partial charge < -0.3 is 14.8 Å². The lowest BCUT2D eigenvalue weighted by Crippen LogP contribution is -2.13. The van der Waals surface area contributed by atoms with E-state index in [0.717, 1.165) is 43.2 Å². The maximum atomic E-state index is 6.34. The number of nitrogens with zero attached hydrogens (tertiary/aromatic N) is 1. The second-order valence-electron chi connectivity index (χ2n) is 6.17. The zero-order valence-corrected chi connectivity index (χ0v) is 16.9. The zero-order valence-electron chi connectivity index (χ0n) is 16.2. The van der Waals surface area contributed by atoms with Gasteiger partial charge in [-0.3, -0.25) is 4.98 Å². The smallest absolute Gasteiger partial charge is 0.122 e. The Balaban J connectivity index is 1.89. The van der Waals surface area contributed by atoms with Crippen LogP contribution in [0.3, 0.4) is 0 Å². The van der Waals surface area contributed by atoms with E-state index in [0.29, 0.717) is 18.2 Å². The van der Waals surface area contributed by atoms with E-state index in [9.17, 15) is 0 Å². The Kier molecular flexibility index (Phi) is 8.20. The first-order chi connectivity index (χ1) is 12.6. The highest BCUT2D eigenvalue weighted by Gasteiger charge is 2.08. The van der Waals surface area contributed by atoms with Gasteiger partial charge in [0.15, 0.2) is 0 Å². The number of halogens is 1. The third-order valence-electron chi connectivity index (χ3n) is 4.54. The molecule has 0 aliphatic heterocycles. The number of hydrogen-bond acceptors (Lipinski definition) is 4. The number of nitrogens with one attached hydrogen (secondary N) is 1. The summed E-state index contributed by atoms with van der Waals surface area (Å²) in [5, 5.41) is 4.02. The van der Waals surface area contributed by atoms with Gasteiger partial charge in [-0.25, -0.2) is 0 Å². The van der Waals surface area contributed by atoms with Gasteiger partial charge in [0, 0.05) is 19.3 Å². The first kappa shape index (κ1) is 20.5. The van der Waals surface area contributed by atoms with E-state index < -0.39 is 0 Å². The van der Waals surface area contributed by atoms with Crippen LogP contribution in [0.1, 0.15) is 36.2 Å². The lowest BCUT2D eigenvalue weighted by molar-refractivity contribution is 0.151. The summed E-state index contributed by atoms with van der Waals surface area (Å²) < 4.78 is 11.4. The minimum atomic E-state index is 0.568. The van der Waals surface area contributed by atoms with Crippen LogP contribution < -0.4 is 10.1 Å². The number of aromatic nitrogens is 1. The van der Waals surface area contributed by atoms with Crippen molar-refractivity contribution >= 4 is 17.3 Å². The predicted molar refractivity (Wildman–Crippen MR) is 109 cm³/mol. The molecule has 4 nitrogen and oxygen atoms in total. The summed E-state index contributed by atoms with van der Waals surface area (Å²) >= 11 is 6.34. The minimum absolute atomic E-state index is 0.568. The van der Waals surface area contributed by atoms with Crippen LogP contribution in [-0.2, 0) is 17.6 Å². The van der Waals surface area contributed by atoms with E-state index in [2.05, 4.69) is 36.3 Å². The number of pyridine rings is 1. The highest BCUT2D eigenvalue weighted by molar-refractivity contribution is 6.33. The highest BCUT2D eigenvalue weighted by atomic mass is 35.5. The standard InChI is InChI=1S/C21H29ClN2O2/c1-5-18-21(22)19(9-11-23-18)24-12-14-26-20-8-7-17(10-13-25-6-2)15(3)16(20)4/h7-9,11H,5-6,10,12-14H2,1-4H3,(H,23,24). The number of rotatable bonds is 10. The van der Waals surface area contributed by atoms with Crippen LogP contribution in [-0.4, -0.2) is 31.3 Å². The average Bonchev–Trinajstić information content (AvgIpc) is 2.65. The number of hydrogen-bond donors (Lipinski definition) is 1. The Labute approximate surface area is 161 Å². The molecule has 1 N–H and O–H groups in total. The molecule has 142 valence electrons. The van der Waals surface area contributed by atoms with Crippen LogP contribution in [0.4, 0.5) is 5.69 Å². The second kappa shape index (κ2) is 10.4. The molecule has 26 heavy (non-hydrogen) atoms. The molecule has 1 heterocycles. The van der Waals surface area contributed by atoms with Gasteiger partial charge in [-0.15, -0.1) is 0 Å². The molecule has 2 aromatic rings. The molecule has 0 atom stereocenters. The molecule has 0 bridgehead atoms. The van der Waals surface area contributed by atoms with Gasteiger partial charge in [0.05, 0.1) is 23.0 Å². The SMILES string of the molecule is CCOCCc1ccc(OCCNc2ccnc(CC)c2Cl)c(C)c1C. The molecular weight excluding hydrogens is 348 g/mol.